The maximum atomic E-state index is 2.44. The summed E-state index contributed by atoms with van der Waals surface area (Å²) in [6.45, 7) is 9.05. The van der Waals surface area contributed by atoms with E-state index in [4.69, 9.17) is 0 Å². The summed E-state index contributed by atoms with van der Waals surface area (Å²) in [5.41, 5.74) is 6.17. The molecule has 2 aliphatic rings. The minimum absolute atomic E-state index is 0.819. The monoisotopic (exact) mass is 324 g/mol. The average molecular weight is 325 g/mol. The molecule has 0 N–H and O–H groups in total. The Kier molecular flexibility index (Phi) is 5.85. The van der Waals surface area contributed by atoms with E-state index in [-0.39, 0.29) is 0 Å². The highest BCUT2D eigenvalue weighted by Crippen LogP contribution is 2.44. The maximum Gasteiger partial charge on any atom is -0.0159 e. The van der Waals surface area contributed by atoms with Crippen molar-refractivity contribution in [3.63, 3.8) is 0 Å². The molecule has 0 heterocycles. The van der Waals surface area contributed by atoms with Crippen LogP contribution in [0.5, 0.6) is 0 Å². The summed E-state index contributed by atoms with van der Waals surface area (Å²) < 4.78 is 0. The second-order valence-electron chi connectivity index (χ2n) is 8.53. The number of rotatable bonds is 3. The Labute approximate surface area is 149 Å². The Hall–Kier alpha value is -1.04. The van der Waals surface area contributed by atoms with E-state index >= 15 is 0 Å². The third kappa shape index (κ3) is 3.79. The number of allylic oxidation sites excluding steroid dienone is 2. The van der Waals surface area contributed by atoms with E-state index in [0.717, 1.165) is 23.7 Å². The van der Waals surface area contributed by atoms with Gasteiger partial charge in [0.1, 0.15) is 0 Å². The third-order valence-electron chi connectivity index (χ3n) is 7.26. The summed E-state index contributed by atoms with van der Waals surface area (Å²) in [7, 11) is 0. The van der Waals surface area contributed by atoms with Crippen LogP contribution >= 0.6 is 0 Å². The standard InChI is InChI=1S/C24H36/c1-5-6-20-8-10-21(11-9-20)22-12-14-23(15-13-22)24-16-7-17(2)18(3)19(24)4/h5-7,16,20-23H,8-15H2,1-4H3/b6-5+. The zero-order valence-electron chi connectivity index (χ0n) is 16.3. The molecule has 1 aromatic carbocycles. The van der Waals surface area contributed by atoms with Crippen molar-refractivity contribution in [1.29, 1.82) is 0 Å². The molecular weight excluding hydrogens is 288 g/mol. The van der Waals surface area contributed by atoms with E-state index < -0.39 is 0 Å². The van der Waals surface area contributed by atoms with Crippen molar-refractivity contribution in [3.05, 3.63) is 46.5 Å². The fourth-order valence-corrected chi connectivity index (χ4v) is 5.40. The van der Waals surface area contributed by atoms with Crippen molar-refractivity contribution < 1.29 is 0 Å². The van der Waals surface area contributed by atoms with Gasteiger partial charge in [0, 0.05) is 0 Å². The normalized spacial score (nSPS) is 31.5. The van der Waals surface area contributed by atoms with Gasteiger partial charge in [0.05, 0.1) is 0 Å². The molecule has 0 bridgehead atoms. The van der Waals surface area contributed by atoms with Crippen LogP contribution in [0.3, 0.4) is 0 Å². The summed E-state index contributed by atoms with van der Waals surface area (Å²) in [6, 6.07) is 4.76. The van der Waals surface area contributed by atoms with Crippen LogP contribution in [0.25, 0.3) is 0 Å². The SMILES string of the molecule is C/C=C/C1CCC(C2CCC(c3ccc(C)c(C)c3C)CC2)CC1. The molecule has 2 fully saturated rings. The fourth-order valence-electron chi connectivity index (χ4n) is 5.40. The van der Waals surface area contributed by atoms with Crippen LogP contribution in [0.15, 0.2) is 24.3 Å². The Morgan fingerprint density at radius 1 is 0.750 bits per heavy atom. The van der Waals surface area contributed by atoms with Crippen LogP contribution in [0.1, 0.15) is 86.5 Å². The van der Waals surface area contributed by atoms with E-state index in [2.05, 4.69) is 52.0 Å². The molecule has 0 spiro atoms. The van der Waals surface area contributed by atoms with E-state index in [0.29, 0.717) is 0 Å². The van der Waals surface area contributed by atoms with Crippen molar-refractivity contribution in [1.82, 2.24) is 0 Å². The first kappa shape index (κ1) is 17.8. The van der Waals surface area contributed by atoms with Gasteiger partial charge in [-0.25, -0.2) is 0 Å². The molecule has 0 aromatic heterocycles. The van der Waals surface area contributed by atoms with Gasteiger partial charge in [0.25, 0.3) is 0 Å². The van der Waals surface area contributed by atoms with Gasteiger partial charge in [-0.2, -0.15) is 0 Å². The topological polar surface area (TPSA) is 0 Å². The van der Waals surface area contributed by atoms with Gasteiger partial charge < -0.3 is 0 Å². The van der Waals surface area contributed by atoms with E-state index in [1.165, 1.54) is 62.5 Å². The number of benzene rings is 1. The van der Waals surface area contributed by atoms with Crippen LogP contribution in [0.2, 0.25) is 0 Å². The minimum atomic E-state index is 0.819. The van der Waals surface area contributed by atoms with Gasteiger partial charge in [0.2, 0.25) is 0 Å². The zero-order valence-corrected chi connectivity index (χ0v) is 16.3. The lowest BCUT2D eigenvalue weighted by molar-refractivity contribution is 0.171. The highest BCUT2D eigenvalue weighted by atomic mass is 14.4. The van der Waals surface area contributed by atoms with Gasteiger partial charge in [0.15, 0.2) is 0 Å². The van der Waals surface area contributed by atoms with Gasteiger partial charge in [-0.1, -0.05) is 24.3 Å². The molecular formula is C24H36. The quantitative estimate of drug-likeness (QED) is 0.513. The molecule has 0 radical (unpaired) electrons. The highest BCUT2D eigenvalue weighted by Gasteiger charge is 2.31. The second-order valence-corrected chi connectivity index (χ2v) is 8.53. The lowest BCUT2D eigenvalue weighted by Crippen LogP contribution is -2.25. The summed E-state index contributed by atoms with van der Waals surface area (Å²) >= 11 is 0. The largest absolute Gasteiger partial charge is 0.0914 e. The van der Waals surface area contributed by atoms with Gasteiger partial charge in [-0.15, -0.1) is 0 Å². The van der Waals surface area contributed by atoms with Crippen LogP contribution in [0.4, 0.5) is 0 Å². The molecule has 1 aromatic rings. The van der Waals surface area contributed by atoms with Crippen molar-refractivity contribution >= 4 is 0 Å². The first-order valence-electron chi connectivity index (χ1n) is 10.3. The van der Waals surface area contributed by atoms with E-state index in [9.17, 15) is 0 Å². The Balaban J connectivity index is 1.56. The van der Waals surface area contributed by atoms with Crippen LogP contribution in [0, 0.1) is 38.5 Å². The molecule has 0 unspecified atom stereocenters. The fraction of sp³-hybridized carbons (Fsp3) is 0.667. The summed E-state index contributed by atoms with van der Waals surface area (Å²) in [5.74, 6) is 3.73. The molecule has 2 aliphatic carbocycles. The molecule has 0 saturated heterocycles. The molecule has 0 amide bonds. The predicted molar refractivity (Wildman–Crippen MR) is 106 cm³/mol. The molecule has 0 heteroatoms. The van der Waals surface area contributed by atoms with Crippen molar-refractivity contribution in [2.45, 2.75) is 85.0 Å². The van der Waals surface area contributed by atoms with Crippen molar-refractivity contribution in [2.75, 3.05) is 0 Å². The van der Waals surface area contributed by atoms with Crippen molar-refractivity contribution in [3.8, 4) is 0 Å². The Morgan fingerprint density at radius 2 is 1.33 bits per heavy atom. The highest BCUT2D eigenvalue weighted by molar-refractivity contribution is 5.40. The minimum Gasteiger partial charge on any atom is -0.0914 e. The van der Waals surface area contributed by atoms with Crippen LogP contribution in [-0.4, -0.2) is 0 Å². The van der Waals surface area contributed by atoms with Crippen LogP contribution in [-0.2, 0) is 0 Å². The zero-order chi connectivity index (χ0) is 17.1. The molecule has 0 atom stereocenters. The molecule has 0 nitrogen and oxygen atoms in total. The molecule has 2 saturated carbocycles. The van der Waals surface area contributed by atoms with Gasteiger partial charge in [-0.05, 0) is 125 Å². The smallest absolute Gasteiger partial charge is 0.0159 e. The number of hydrogen-bond acceptors (Lipinski definition) is 0. The van der Waals surface area contributed by atoms with Crippen molar-refractivity contribution in [2.24, 2.45) is 17.8 Å². The lowest BCUT2D eigenvalue weighted by Gasteiger charge is -2.38. The Morgan fingerprint density at radius 3 is 1.92 bits per heavy atom. The molecule has 24 heavy (non-hydrogen) atoms. The molecule has 3 rings (SSSR count). The average Bonchev–Trinajstić information content (AvgIpc) is 2.61. The summed E-state index contributed by atoms with van der Waals surface area (Å²) in [6.07, 6.45) is 16.3. The summed E-state index contributed by atoms with van der Waals surface area (Å²) in [5, 5.41) is 0. The first-order chi connectivity index (χ1) is 11.6. The van der Waals surface area contributed by atoms with E-state index in [1.54, 1.807) is 11.1 Å². The first-order valence-corrected chi connectivity index (χ1v) is 10.3. The molecule has 132 valence electrons. The maximum absolute atomic E-state index is 2.44. The van der Waals surface area contributed by atoms with Gasteiger partial charge in [-0.3, -0.25) is 0 Å². The Bertz CT molecular complexity index is 564. The summed E-state index contributed by atoms with van der Waals surface area (Å²) in [4.78, 5) is 0. The number of hydrogen-bond donors (Lipinski definition) is 0. The van der Waals surface area contributed by atoms with E-state index in [1.807, 2.05) is 0 Å². The molecule has 0 aliphatic heterocycles. The van der Waals surface area contributed by atoms with Gasteiger partial charge >= 0.3 is 0 Å². The number of aryl methyl sites for hydroxylation is 1. The lowest BCUT2D eigenvalue weighted by atomic mass is 9.68. The van der Waals surface area contributed by atoms with Crippen LogP contribution < -0.4 is 0 Å². The predicted octanol–water partition coefficient (Wildman–Crippen LogP) is 7.27. The second kappa shape index (κ2) is 7.89. The third-order valence-corrected chi connectivity index (χ3v) is 7.26.